The third kappa shape index (κ3) is 5.01. The third-order valence-electron chi connectivity index (χ3n) is 2.84. The van der Waals surface area contributed by atoms with Crippen molar-refractivity contribution in [1.29, 1.82) is 0 Å². The van der Waals surface area contributed by atoms with Crippen molar-refractivity contribution in [2.45, 2.75) is 40.7 Å². The molecule has 1 aromatic heterocycles. The maximum Gasteiger partial charge on any atom is 0.342 e. The molecule has 0 aliphatic rings. The maximum absolute atomic E-state index is 12.1. The molecule has 0 aromatic carbocycles. The summed E-state index contributed by atoms with van der Waals surface area (Å²) in [6, 6.07) is 1.74. The van der Waals surface area contributed by atoms with Gasteiger partial charge in [0.1, 0.15) is 5.15 Å². The molecule has 1 aromatic rings. The molecule has 0 aliphatic heterocycles. The Morgan fingerprint density at radius 2 is 1.95 bits per heavy atom. The number of ether oxygens (including phenoxy) is 1. The van der Waals surface area contributed by atoms with Crippen LogP contribution in [0.15, 0.2) is 6.07 Å². The van der Waals surface area contributed by atoms with Crippen molar-refractivity contribution in [3.63, 3.8) is 0 Å². The summed E-state index contributed by atoms with van der Waals surface area (Å²) in [5.74, 6) is -0.641. The minimum absolute atomic E-state index is 0.0901. The Hall–Kier alpha value is -1.62. The first-order valence-corrected chi connectivity index (χ1v) is 7.22. The molecule has 5 nitrogen and oxygen atoms in total. The molecule has 1 heterocycles. The number of aromatic nitrogens is 1. The van der Waals surface area contributed by atoms with Crippen molar-refractivity contribution in [3.05, 3.63) is 28.0 Å². The number of nitrogens with one attached hydrogen (secondary N) is 1. The van der Waals surface area contributed by atoms with E-state index in [0.717, 1.165) is 5.69 Å². The average Bonchev–Trinajstić information content (AvgIpc) is 2.34. The van der Waals surface area contributed by atoms with Gasteiger partial charge in [0.05, 0.1) is 5.56 Å². The summed E-state index contributed by atoms with van der Waals surface area (Å²) in [6.45, 7) is 9.57. The summed E-state index contributed by atoms with van der Waals surface area (Å²) in [6.07, 6.45) is -0.881. The van der Waals surface area contributed by atoms with Gasteiger partial charge in [0.25, 0.3) is 5.91 Å². The van der Waals surface area contributed by atoms with Crippen LogP contribution in [0.4, 0.5) is 0 Å². The van der Waals surface area contributed by atoms with E-state index in [0.29, 0.717) is 18.0 Å². The third-order valence-corrected chi connectivity index (χ3v) is 3.12. The molecule has 0 unspecified atom stereocenters. The van der Waals surface area contributed by atoms with Crippen LogP contribution < -0.4 is 5.32 Å². The van der Waals surface area contributed by atoms with Gasteiger partial charge in [0.15, 0.2) is 6.10 Å². The molecule has 1 atom stereocenters. The highest BCUT2D eigenvalue weighted by Crippen LogP contribution is 2.20. The number of carbonyl (C=O) groups is 2. The maximum atomic E-state index is 12.1. The predicted octanol–water partition coefficient (Wildman–Crippen LogP) is 2.67. The summed E-state index contributed by atoms with van der Waals surface area (Å²) in [5.41, 5.74) is 1.59. The number of hydrogen-bond acceptors (Lipinski definition) is 4. The molecule has 6 heteroatoms. The largest absolute Gasteiger partial charge is 0.449 e. The van der Waals surface area contributed by atoms with Gasteiger partial charge in [-0.3, -0.25) is 4.79 Å². The monoisotopic (exact) mass is 312 g/mol. The smallest absolute Gasteiger partial charge is 0.342 e. The Balaban J connectivity index is 2.75. The topological polar surface area (TPSA) is 68.3 Å². The lowest BCUT2D eigenvalue weighted by Crippen LogP contribution is -2.37. The van der Waals surface area contributed by atoms with E-state index in [1.54, 1.807) is 19.9 Å². The zero-order valence-electron chi connectivity index (χ0n) is 13.0. The minimum atomic E-state index is -0.881. The van der Waals surface area contributed by atoms with Crippen LogP contribution in [0.2, 0.25) is 5.15 Å². The molecule has 1 N–H and O–H groups in total. The lowest BCUT2D eigenvalue weighted by Gasteiger charge is -2.15. The fourth-order valence-electron chi connectivity index (χ4n) is 1.76. The highest BCUT2D eigenvalue weighted by molar-refractivity contribution is 6.32. The zero-order valence-corrected chi connectivity index (χ0v) is 13.7. The summed E-state index contributed by atoms with van der Waals surface area (Å²) < 4.78 is 5.16. The van der Waals surface area contributed by atoms with Gasteiger partial charge >= 0.3 is 5.97 Å². The second kappa shape index (κ2) is 7.41. The Bertz CT molecular complexity index is 521. The summed E-state index contributed by atoms with van der Waals surface area (Å²) in [7, 11) is 0. The Kier molecular flexibility index (Phi) is 6.15. The first-order chi connectivity index (χ1) is 9.72. The molecule has 0 aliphatic carbocycles. The number of esters is 1. The molecule has 0 saturated heterocycles. The Morgan fingerprint density at radius 1 is 1.33 bits per heavy atom. The van der Waals surface area contributed by atoms with Crippen LogP contribution in [-0.2, 0) is 9.53 Å². The van der Waals surface area contributed by atoms with Gasteiger partial charge in [-0.05, 0) is 38.3 Å². The fraction of sp³-hybridized carbons (Fsp3) is 0.533. The van der Waals surface area contributed by atoms with Crippen LogP contribution in [0.3, 0.4) is 0 Å². The number of amides is 1. The fourth-order valence-corrected chi connectivity index (χ4v) is 2.12. The Labute approximate surface area is 130 Å². The predicted molar refractivity (Wildman–Crippen MR) is 81.4 cm³/mol. The van der Waals surface area contributed by atoms with Gasteiger partial charge in [0.2, 0.25) is 0 Å². The van der Waals surface area contributed by atoms with Crippen molar-refractivity contribution < 1.29 is 14.3 Å². The van der Waals surface area contributed by atoms with Crippen molar-refractivity contribution in [1.82, 2.24) is 10.3 Å². The number of nitrogens with zero attached hydrogens (tertiary/aromatic N) is 1. The van der Waals surface area contributed by atoms with Crippen LogP contribution in [0.25, 0.3) is 0 Å². The van der Waals surface area contributed by atoms with Gasteiger partial charge < -0.3 is 10.1 Å². The number of hydrogen-bond donors (Lipinski definition) is 1. The number of carbonyl (C=O) groups excluding carboxylic acids is 2. The minimum Gasteiger partial charge on any atom is -0.449 e. The van der Waals surface area contributed by atoms with E-state index in [2.05, 4.69) is 10.3 Å². The molecule has 0 spiro atoms. The molecule has 1 amide bonds. The van der Waals surface area contributed by atoms with Crippen LogP contribution in [-0.4, -0.2) is 29.5 Å². The number of halogens is 1. The number of rotatable bonds is 5. The molecule has 21 heavy (non-hydrogen) atoms. The van der Waals surface area contributed by atoms with Gasteiger partial charge in [-0.1, -0.05) is 25.4 Å². The molecular weight excluding hydrogens is 292 g/mol. The van der Waals surface area contributed by atoms with Crippen molar-refractivity contribution in [2.24, 2.45) is 5.92 Å². The van der Waals surface area contributed by atoms with Crippen molar-refractivity contribution >= 4 is 23.5 Å². The Morgan fingerprint density at radius 3 is 2.48 bits per heavy atom. The average molecular weight is 313 g/mol. The normalized spacial score (nSPS) is 12.1. The van der Waals surface area contributed by atoms with Gasteiger partial charge in [0, 0.05) is 12.2 Å². The quantitative estimate of drug-likeness (QED) is 0.670. The van der Waals surface area contributed by atoms with Crippen LogP contribution >= 0.6 is 11.6 Å². The van der Waals surface area contributed by atoms with Gasteiger partial charge in [-0.2, -0.15) is 0 Å². The first-order valence-electron chi connectivity index (χ1n) is 6.84. The van der Waals surface area contributed by atoms with Crippen molar-refractivity contribution in [2.75, 3.05) is 6.54 Å². The number of aryl methyl sites for hydroxylation is 2. The molecule has 0 fully saturated rings. The second-order valence-electron chi connectivity index (χ2n) is 5.43. The summed E-state index contributed by atoms with van der Waals surface area (Å²) >= 11 is 5.98. The second-order valence-corrected chi connectivity index (χ2v) is 5.79. The molecule has 1 rings (SSSR count). The SMILES string of the molecule is Cc1cc(C)c(C(=O)O[C@@H](C)C(=O)NCC(C)C)c(Cl)n1. The first kappa shape index (κ1) is 17.4. The molecular formula is C15H21ClN2O3. The molecule has 0 bridgehead atoms. The van der Waals surface area contributed by atoms with Crippen LogP contribution in [0.5, 0.6) is 0 Å². The van der Waals surface area contributed by atoms with E-state index >= 15 is 0 Å². The standard InChI is InChI=1S/C15H21ClN2O3/c1-8(2)7-17-14(19)11(5)21-15(20)12-9(3)6-10(4)18-13(12)16/h6,8,11H,7H2,1-5H3,(H,17,19)/t11-/m0/s1. The van der Waals surface area contributed by atoms with E-state index in [1.807, 2.05) is 13.8 Å². The van der Waals surface area contributed by atoms with E-state index in [1.165, 1.54) is 6.92 Å². The molecule has 116 valence electrons. The number of pyridine rings is 1. The zero-order chi connectivity index (χ0) is 16.2. The van der Waals surface area contributed by atoms with E-state index in [-0.39, 0.29) is 16.6 Å². The van der Waals surface area contributed by atoms with E-state index in [4.69, 9.17) is 16.3 Å². The molecule has 0 saturated carbocycles. The lowest BCUT2D eigenvalue weighted by molar-refractivity contribution is -0.129. The van der Waals surface area contributed by atoms with Gasteiger partial charge in [-0.15, -0.1) is 0 Å². The summed E-state index contributed by atoms with van der Waals surface area (Å²) in [4.78, 5) is 28.0. The van der Waals surface area contributed by atoms with Crippen LogP contribution in [0, 0.1) is 19.8 Å². The van der Waals surface area contributed by atoms with Crippen molar-refractivity contribution in [3.8, 4) is 0 Å². The van der Waals surface area contributed by atoms with E-state index < -0.39 is 12.1 Å². The highest BCUT2D eigenvalue weighted by atomic mass is 35.5. The lowest BCUT2D eigenvalue weighted by atomic mass is 10.1. The molecule has 0 radical (unpaired) electrons. The highest BCUT2D eigenvalue weighted by Gasteiger charge is 2.22. The van der Waals surface area contributed by atoms with Crippen LogP contribution in [0.1, 0.15) is 42.4 Å². The van der Waals surface area contributed by atoms with E-state index in [9.17, 15) is 9.59 Å². The summed E-state index contributed by atoms with van der Waals surface area (Å²) in [5, 5.41) is 2.80. The van der Waals surface area contributed by atoms with Gasteiger partial charge in [-0.25, -0.2) is 9.78 Å².